The van der Waals surface area contributed by atoms with Gasteiger partial charge < -0.3 is 5.11 Å². The molecule has 0 aliphatic heterocycles. The van der Waals surface area contributed by atoms with Gasteiger partial charge in [-0.25, -0.2) is 0 Å². The first-order valence-electron chi connectivity index (χ1n) is 6.31. The molecule has 0 spiro atoms. The number of hydrogen-bond acceptors (Lipinski definition) is 2. The minimum absolute atomic E-state index is 0.521. The highest BCUT2D eigenvalue weighted by molar-refractivity contribution is 6.30. The average Bonchev–Trinajstić information content (AvgIpc) is 2.39. The number of likely N-dealkylation sites (N-methyl/N-ethyl adjacent to an activating group) is 1. The van der Waals surface area contributed by atoms with E-state index in [1.807, 2.05) is 49.5 Å². The Hall–Kier alpha value is -1.35. The van der Waals surface area contributed by atoms with Gasteiger partial charge in [-0.2, -0.15) is 0 Å². The molecule has 0 aromatic heterocycles. The highest BCUT2D eigenvalue weighted by atomic mass is 35.5. The summed E-state index contributed by atoms with van der Waals surface area (Å²) in [4.78, 5) is 2.10. The zero-order valence-corrected chi connectivity index (χ0v) is 11.7. The van der Waals surface area contributed by atoms with Gasteiger partial charge in [-0.05, 0) is 30.3 Å². The minimum Gasteiger partial charge on any atom is -0.387 e. The van der Waals surface area contributed by atoms with Crippen LogP contribution in [0.2, 0.25) is 5.02 Å². The molecule has 0 bridgehead atoms. The summed E-state index contributed by atoms with van der Waals surface area (Å²) in [5.41, 5.74) is 2.09. The van der Waals surface area contributed by atoms with Gasteiger partial charge in [0.2, 0.25) is 0 Å². The summed E-state index contributed by atoms with van der Waals surface area (Å²) in [5, 5.41) is 10.8. The van der Waals surface area contributed by atoms with Crippen LogP contribution in [-0.2, 0) is 6.54 Å². The number of nitrogens with zero attached hydrogens (tertiary/aromatic N) is 1. The number of benzene rings is 2. The van der Waals surface area contributed by atoms with Crippen LogP contribution < -0.4 is 0 Å². The second-order valence-electron chi connectivity index (χ2n) is 4.75. The van der Waals surface area contributed by atoms with Gasteiger partial charge >= 0.3 is 0 Å². The van der Waals surface area contributed by atoms with Gasteiger partial charge in [0.05, 0.1) is 6.10 Å². The van der Waals surface area contributed by atoms with Gasteiger partial charge in [-0.1, -0.05) is 54.1 Å². The van der Waals surface area contributed by atoms with Gasteiger partial charge in [-0.3, -0.25) is 4.90 Å². The Kier molecular flexibility index (Phi) is 4.97. The molecule has 100 valence electrons. The molecule has 0 radical (unpaired) electrons. The van der Waals surface area contributed by atoms with Crippen molar-refractivity contribution in [3.8, 4) is 0 Å². The zero-order chi connectivity index (χ0) is 13.7. The highest BCUT2D eigenvalue weighted by Gasteiger charge is 2.11. The molecule has 0 saturated carbocycles. The zero-order valence-electron chi connectivity index (χ0n) is 11.0. The Morgan fingerprint density at radius 2 is 1.84 bits per heavy atom. The minimum atomic E-state index is -0.521. The van der Waals surface area contributed by atoms with Gasteiger partial charge in [0.1, 0.15) is 0 Å². The normalized spacial score (nSPS) is 12.6. The van der Waals surface area contributed by atoms with E-state index in [0.29, 0.717) is 11.6 Å². The SMILES string of the molecule is CN(Cc1ccccc1)CC(O)c1cccc(Cl)c1. The summed E-state index contributed by atoms with van der Waals surface area (Å²) >= 11 is 5.93. The van der Waals surface area contributed by atoms with Crippen molar-refractivity contribution < 1.29 is 5.11 Å². The van der Waals surface area contributed by atoms with Crippen molar-refractivity contribution in [2.75, 3.05) is 13.6 Å². The predicted molar refractivity (Wildman–Crippen MR) is 79.2 cm³/mol. The van der Waals surface area contributed by atoms with E-state index in [1.165, 1.54) is 5.56 Å². The van der Waals surface area contributed by atoms with Gasteiger partial charge in [0.25, 0.3) is 0 Å². The quantitative estimate of drug-likeness (QED) is 0.903. The second kappa shape index (κ2) is 6.71. The molecular weight excluding hydrogens is 258 g/mol. The molecule has 0 saturated heterocycles. The number of hydrogen-bond donors (Lipinski definition) is 1. The Morgan fingerprint density at radius 1 is 1.11 bits per heavy atom. The molecule has 2 aromatic carbocycles. The van der Waals surface area contributed by atoms with E-state index < -0.39 is 6.10 Å². The maximum absolute atomic E-state index is 10.2. The van der Waals surface area contributed by atoms with Crippen LogP contribution in [0.5, 0.6) is 0 Å². The third-order valence-electron chi connectivity index (χ3n) is 3.01. The Bertz CT molecular complexity index is 515. The lowest BCUT2D eigenvalue weighted by atomic mass is 10.1. The van der Waals surface area contributed by atoms with Crippen molar-refractivity contribution in [2.24, 2.45) is 0 Å². The van der Waals surface area contributed by atoms with Gasteiger partial charge in [-0.15, -0.1) is 0 Å². The molecule has 1 unspecified atom stereocenters. The number of aliphatic hydroxyl groups is 1. The van der Waals surface area contributed by atoms with Crippen LogP contribution in [0.15, 0.2) is 54.6 Å². The van der Waals surface area contributed by atoms with Crippen molar-refractivity contribution >= 4 is 11.6 Å². The topological polar surface area (TPSA) is 23.5 Å². The van der Waals surface area contributed by atoms with Crippen LogP contribution in [-0.4, -0.2) is 23.6 Å². The van der Waals surface area contributed by atoms with E-state index in [2.05, 4.69) is 17.0 Å². The van der Waals surface area contributed by atoms with Crippen molar-refractivity contribution in [1.82, 2.24) is 4.90 Å². The van der Waals surface area contributed by atoms with Crippen LogP contribution in [0, 0.1) is 0 Å². The molecule has 19 heavy (non-hydrogen) atoms. The number of rotatable bonds is 5. The lowest BCUT2D eigenvalue weighted by molar-refractivity contribution is 0.124. The smallest absolute Gasteiger partial charge is 0.0917 e. The Labute approximate surface area is 119 Å². The summed E-state index contributed by atoms with van der Waals surface area (Å²) in [6, 6.07) is 17.6. The first kappa shape index (κ1) is 14.1. The van der Waals surface area contributed by atoms with E-state index in [1.54, 1.807) is 0 Å². The van der Waals surface area contributed by atoms with Crippen LogP contribution in [0.4, 0.5) is 0 Å². The van der Waals surface area contributed by atoms with E-state index in [0.717, 1.165) is 12.1 Å². The molecule has 0 amide bonds. The molecule has 2 aromatic rings. The average molecular weight is 276 g/mol. The van der Waals surface area contributed by atoms with Gasteiger partial charge in [0.15, 0.2) is 0 Å². The third-order valence-corrected chi connectivity index (χ3v) is 3.25. The summed E-state index contributed by atoms with van der Waals surface area (Å²) in [5.74, 6) is 0. The molecular formula is C16H18ClNO. The molecule has 0 fully saturated rings. The fourth-order valence-electron chi connectivity index (χ4n) is 2.07. The van der Waals surface area contributed by atoms with Crippen LogP contribution in [0.3, 0.4) is 0 Å². The number of aliphatic hydroxyl groups excluding tert-OH is 1. The van der Waals surface area contributed by atoms with Gasteiger partial charge in [0, 0.05) is 18.1 Å². The molecule has 0 aliphatic carbocycles. The summed E-state index contributed by atoms with van der Waals surface area (Å²) in [7, 11) is 2.00. The predicted octanol–water partition coefficient (Wildman–Crippen LogP) is 3.51. The maximum Gasteiger partial charge on any atom is 0.0917 e. The standard InChI is InChI=1S/C16H18ClNO/c1-18(11-13-6-3-2-4-7-13)12-16(19)14-8-5-9-15(17)10-14/h2-10,16,19H,11-12H2,1H3. The first-order valence-corrected chi connectivity index (χ1v) is 6.69. The van der Waals surface area contributed by atoms with Crippen molar-refractivity contribution in [3.05, 3.63) is 70.7 Å². The van der Waals surface area contributed by atoms with Crippen LogP contribution in [0.1, 0.15) is 17.2 Å². The van der Waals surface area contributed by atoms with Crippen molar-refractivity contribution in [3.63, 3.8) is 0 Å². The maximum atomic E-state index is 10.2. The monoisotopic (exact) mass is 275 g/mol. The van der Waals surface area contributed by atoms with Crippen LogP contribution in [0.25, 0.3) is 0 Å². The molecule has 1 N–H and O–H groups in total. The molecule has 0 aliphatic rings. The Balaban J connectivity index is 1.93. The van der Waals surface area contributed by atoms with Crippen LogP contribution >= 0.6 is 11.6 Å². The molecule has 2 rings (SSSR count). The lowest BCUT2D eigenvalue weighted by Gasteiger charge is -2.21. The molecule has 3 heteroatoms. The second-order valence-corrected chi connectivity index (χ2v) is 5.19. The number of halogens is 1. The molecule has 0 heterocycles. The fraction of sp³-hybridized carbons (Fsp3) is 0.250. The van der Waals surface area contributed by atoms with Crippen molar-refractivity contribution in [2.45, 2.75) is 12.6 Å². The lowest BCUT2D eigenvalue weighted by Crippen LogP contribution is -2.24. The summed E-state index contributed by atoms with van der Waals surface area (Å²) in [6.45, 7) is 1.40. The van der Waals surface area contributed by atoms with E-state index in [9.17, 15) is 5.11 Å². The Morgan fingerprint density at radius 3 is 2.53 bits per heavy atom. The van der Waals surface area contributed by atoms with E-state index in [-0.39, 0.29) is 0 Å². The first-order chi connectivity index (χ1) is 9.15. The fourth-order valence-corrected chi connectivity index (χ4v) is 2.27. The largest absolute Gasteiger partial charge is 0.387 e. The molecule has 2 nitrogen and oxygen atoms in total. The highest BCUT2D eigenvalue weighted by Crippen LogP contribution is 2.18. The van der Waals surface area contributed by atoms with Crippen molar-refractivity contribution in [1.29, 1.82) is 0 Å². The summed E-state index contributed by atoms with van der Waals surface area (Å²) < 4.78 is 0. The third kappa shape index (κ3) is 4.35. The van der Waals surface area contributed by atoms with E-state index >= 15 is 0 Å². The summed E-state index contributed by atoms with van der Waals surface area (Å²) in [6.07, 6.45) is -0.521. The van der Waals surface area contributed by atoms with E-state index in [4.69, 9.17) is 11.6 Å². The molecule has 1 atom stereocenters.